The zero-order valence-electron chi connectivity index (χ0n) is 10.5. The molecule has 0 unspecified atom stereocenters. The molecule has 6 heteroatoms. The first-order valence-corrected chi connectivity index (χ1v) is 5.76. The molecule has 0 spiro atoms. The average Bonchev–Trinajstić information content (AvgIpc) is 2.34. The van der Waals surface area contributed by atoms with Crippen LogP contribution in [0.2, 0.25) is 0 Å². The molecule has 18 heavy (non-hydrogen) atoms. The highest BCUT2D eigenvalue weighted by molar-refractivity contribution is 5.94. The normalized spacial score (nSPS) is 10.4. The minimum absolute atomic E-state index is 0.0806. The van der Waals surface area contributed by atoms with Gasteiger partial charge in [0.05, 0.1) is 4.92 Å². The number of hydrogen-bond donors (Lipinski definition) is 2. The van der Waals surface area contributed by atoms with Gasteiger partial charge in [-0.15, -0.1) is 0 Å². The van der Waals surface area contributed by atoms with Crippen LogP contribution in [0.1, 0.15) is 24.2 Å². The van der Waals surface area contributed by atoms with Crippen LogP contribution in [0.15, 0.2) is 24.3 Å². The van der Waals surface area contributed by atoms with Crippen molar-refractivity contribution in [1.29, 1.82) is 0 Å². The van der Waals surface area contributed by atoms with Crippen LogP contribution in [0, 0.1) is 10.1 Å². The van der Waals surface area contributed by atoms with Crippen molar-refractivity contribution in [3.63, 3.8) is 0 Å². The summed E-state index contributed by atoms with van der Waals surface area (Å²) in [5.74, 6) is -0.302. The molecule has 0 saturated carbocycles. The van der Waals surface area contributed by atoms with E-state index in [1.54, 1.807) is 6.07 Å². The molecular formula is C12H17N3O3. The summed E-state index contributed by atoms with van der Waals surface area (Å²) in [7, 11) is 0. The summed E-state index contributed by atoms with van der Waals surface area (Å²) < 4.78 is 0. The second-order valence-corrected chi connectivity index (χ2v) is 4.17. The number of carbonyl (C=O) groups is 1. The Morgan fingerprint density at radius 3 is 2.72 bits per heavy atom. The average molecular weight is 251 g/mol. The van der Waals surface area contributed by atoms with Crippen molar-refractivity contribution in [1.82, 2.24) is 10.6 Å². The quantitative estimate of drug-likeness (QED) is 0.453. The number of amides is 1. The van der Waals surface area contributed by atoms with Gasteiger partial charge in [0.1, 0.15) is 0 Å². The summed E-state index contributed by atoms with van der Waals surface area (Å²) in [4.78, 5) is 21.8. The molecule has 0 fully saturated rings. The molecule has 2 N–H and O–H groups in total. The monoisotopic (exact) mass is 251 g/mol. The lowest BCUT2D eigenvalue weighted by Crippen LogP contribution is -2.34. The van der Waals surface area contributed by atoms with E-state index in [9.17, 15) is 14.9 Å². The first-order chi connectivity index (χ1) is 8.50. The number of non-ortho nitro benzene ring substituents is 1. The van der Waals surface area contributed by atoms with Crippen LogP contribution in [0.3, 0.4) is 0 Å². The van der Waals surface area contributed by atoms with Gasteiger partial charge < -0.3 is 10.6 Å². The van der Waals surface area contributed by atoms with Crippen LogP contribution in [-0.2, 0) is 0 Å². The molecule has 1 amide bonds. The second kappa shape index (κ2) is 6.70. The summed E-state index contributed by atoms with van der Waals surface area (Å²) >= 11 is 0. The minimum Gasteiger partial charge on any atom is -0.351 e. The standard InChI is InChI=1S/C12H17N3O3/c1-9(2)13-6-7-14-12(16)10-4-3-5-11(8-10)15(17)18/h3-5,8-9,13H,6-7H2,1-2H3,(H,14,16). The maximum atomic E-state index is 11.7. The molecule has 0 aliphatic rings. The van der Waals surface area contributed by atoms with Crippen LogP contribution in [0.25, 0.3) is 0 Å². The number of benzene rings is 1. The van der Waals surface area contributed by atoms with E-state index >= 15 is 0 Å². The summed E-state index contributed by atoms with van der Waals surface area (Å²) in [6.07, 6.45) is 0. The van der Waals surface area contributed by atoms with E-state index in [1.165, 1.54) is 18.2 Å². The Morgan fingerprint density at radius 1 is 1.39 bits per heavy atom. The number of nitro benzene ring substituents is 1. The Labute approximate surface area is 106 Å². The van der Waals surface area contributed by atoms with Gasteiger partial charge in [0.15, 0.2) is 0 Å². The molecular weight excluding hydrogens is 234 g/mol. The van der Waals surface area contributed by atoms with E-state index in [-0.39, 0.29) is 11.6 Å². The summed E-state index contributed by atoms with van der Waals surface area (Å²) in [5, 5.41) is 16.4. The van der Waals surface area contributed by atoms with Crippen molar-refractivity contribution in [2.24, 2.45) is 0 Å². The molecule has 0 saturated heterocycles. The number of nitro groups is 1. The fourth-order valence-corrected chi connectivity index (χ4v) is 1.40. The first kappa shape index (κ1) is 14.1. The highest BCUT2D eigenvalue weighted by Crippen LogP contribution is 2.12. The number of carbonyl (C=O) groups excluding carboxylic acids is 1. The Bertz CT molecular complexity index is 432. The van der Waals surface area contributed by atoms with Gasteiger partial charge in [-0.1, -0.05) is 19.9 Å². The number of nitrogens with one attached hydrogen (secondary N) is 2. The third kappa shape index (κ3) is 4.50. The van der Waals surface area contributed by atoms with Crippen LogP contribution in [0.5, 0.6) is 0 Å². The van der Waals surface area contributed by atoms with Crippen molar-refractivity contribution >= 4 is 11.6 Å². The highest BCUT2D eigenvalue weighted by Gasteiger charge is 2.10. The Kier molecular flexibility index (Phi) is 5.26. The lowest BCUT2D eigenvalue weighted by atomic mass is 10.2. The fraction of sp³-hybridized carbons (Fsp3) is 0.417. The first-order valence-electron chi connectivity index (χ1n) is 5.76. The second-order valence-electron chi connectivity index (χ2n) is 4.17. The van der Waals surface area contributed by atoms with Gasteiger partial charge in [0, 0.05) is 36.8 Å². The van der Waals surface area contributed by atoms with Gasteiger partial charge in [-0.25, -0.2) is 0 Å². The van der Waals surface area contributed by atoms with Gasteiger partial charge in [-0.3, -0.25) is 14.9 Å². The molecule has 0 aliphatic carbocycles. The molecule has 0 aromatic heterocycles. The van der Waals surface area contributed by atoms with Crippen molar-refractivity contribution < 1.29 is 9.72 Å². The molecule has 0 radical (unpaired) electrons. The lowest BCUT2D eigenvalue weighted by Gasteiger charge is -2.09. The zero-order valence-corrected chi connectivity index (χ0v) is 10.5. The van der Waals surface area contributed by atoms with Crippen LogP contribution >= 0.6 is 0 Å². The van der Waals surface area contributed by atoms with E-state index in [1.807, 2.05) is 13.8 Å². The number of rotatable bonds is 6. The van der Waals surface area contributed by atoms with E-state index in [0.29, 0.717) is 24.7 Å². The van der Waals surface area contributed by atoms with Crippen molar-refractivity contribution in [2.45, 2.75) is 19.9 Å². The maximum Gasteiger partial charge on any atom is 0.270 e. The van der Waals surface area contributed by atoms with E-state index in [2.05, 4.69) is 10.6 Å². The summed E-state index contributed by atoms with van der Waals surface area (Å²) in [6.45, 7) is 5.18. The molecule has 0 atom stereocenters. The Balaban J connectivity index is 2.51. The SMILES string of the molecule is CC(C)NCCNC(=O)c1cccc([N+](=O)[O-])c1. The van der Waals surface area contributed by atoms with Gasteiger partial charge in [-0.2, -0.15) is 0 Å². The number of nitrogens with zero attached hydrogens (tertiary/aromatic N) is 1. The van der Waals surface area contributed by atoms with E-state index in [0.717, 1.165) is 0 Å². The fourth-order valence-electron chi connectivity index (χ4n) is 1.40. The number of hydrogen-bond acceptors (Lipinski definition) is 4. The topological polar surface area (TPSA) is 84.3 Å². The van der Waals surface area contributed by atoms with Crippen molar-refractivity contribution in [3.05, 3.63) is 39.9 Å². The largest absolute Gasteiger partial charge is 0.351 e. The van der Waals surface area contributed by atoms with E-state index in [4.69, 9.17) is 0 Å². The molecule has 0 bridgehead atoms. The maximum absolute atomic E-state index is 11.7. The predicted octanol–water partition coefficient (Wildman–Crippen LogP) is 1.32. The molecule has 98 valence electrons. The third-order valence-electron chi connectivity index (χ3n) is 2.28. The molecule has 1 aromatic carbocycles. The van der Waals surface area contributed by atoms with Gasteiger partial charge in [-0.05, 0) is 6.07 Å². The van der Waals surface area contributed by atoms with E-state index < -0.39 is 4.92 Å². The predicted molar refractivity (Wildman–Crippen MR) is 68.6 cm³/mol. The Morgan fingerprint density at radius 2 is 2.11 bits per heavy atom. The smallest absolute Gasteiger partial charge is 0.270 e. The van der Waals surface area contributed by atoms with Crippen LogP contribution in [-0.4, -0.2) is 30.0 Å². The summed E-state index contributed by atoms with van der Waals surface area (Å²) in [5.41, 5.74) is 0.219. The van der Waals surface area contributed by atoms with Crippen molar-refractivity contribution in [3.8, 4) is 0 Å². The van der Waals surface area contributed by atoms with Gasteiger partial charge in [0.25, 0.3) is 11.6 Å². The molecule has 1 rings (SSSR count). The van der Waals surface area contributed by atoms with Crippen LogP contribution < -0.4 is 10.6 Å². The summed E-state index contributed by atoms with van der Waals surface area (Å²) in [6, 6.07) is 6.04. The highest BCUT2D eigenvalue weighted by atomic mass is 16.6. The third-order valence-corrected chi connectivity index (χ3v) is 2.28. The minimum atomic E-state index is -0.517. The molecule has 6 nitrogen and oxygen atoms in total. The Hall–Kier alpha value is -1.95. The van der Waals surface area contributed by atoms with Crippen LogP contribution in [0.4, 0.5) is 5.69 Å². The van der Waals surface area contributed by atoms with Gasteiger partial charge >= 0.3 is 0 Å². The molecule has 0 aliphatic heterocycles. The lowest BCUT2D eigenvalue weighted by molar-refractivity contribution is -0.384. The molecule has 0 heterocycles. The molecule has 1 aromatic rings. The van der Waals surface area contributed by atoms with Gasteiger partial charge in [0.2, 0.25) is 0 Å². The zero-order chi connectivity index (χ0) is 13.5. The van der Waals surface area contributed by atoms with Crippen molar-refractivity contribution in [2.75, 3.05) is 13.1 Å².